The Bertz CT molecular complexity index is 552. The minimum absolute atomic E-state index is 0.235. The van der Waals surface area contributed by atoms with Gasteiger partial charge in [-0.3, -0.25) is 0 Å². The number of carboxylic acid groups (broad SMARTS) is 1. The molecular weight excluding hydrogens is 296 g/mol. The highest BCUT2D eigenvalue weighted by Crippen LogP contribution is 2.19. The summed E-state index contributed by atoms with van der Waals surface area (Å²) in [7, 11) is 0. The molecule has 4 heteroatoms. The molecule has 0 fully saturated rings. The normalized spacial score (nSPS) is 10.1. The molecule has 0 saturated heterocycles. The molecule has 0 saturated carbocycles. The average molecular weight is 307 g/mol. The zero-order chi connectivity index (χ0) is 13.0. The van der Waals surface area contributed by atoms with Gasteiger partial charge in [0.25, 0.3) is 0 Å². The first-order valence-corrected chi connectivity index (χ1v) is 6.15. The number of hydrogen-bond donors (Lipinski definition) is 1. The van der Waals surface area contributed by atoms with E-state index < -0.39 is 5.97 Å². The van der Waals surface area contributed by atoms with Gasteiger partial charge in [-0.15, -0.1) is 0 Å². The summed E-state index contributed by atoms with van der Waals surface area (Å²) < 4.78 is 6.28. The van der Waals surface area contributed by atoms with E-state index in [4.69, 9.17) is 9.84 Å². The van der Waals surface area contributed by atoms with Crippen molar-refractivity contribution in [1.29, 1.82) is 0 Å². The number of rotatable bonds is 4. The molecular formula is C14H11BrO3. The molecule has 3 nitrogen and oxygen atoms in total. The quantitative estimate of drug-likeness (QED) is 0.936. The molecule has 0 aromatic heterocycles. The van der Waals surface area contributed by atoms with Gasteiger partial charge in [0.1, 0.15) is 12.4 Å². The second-order valence-electron chi connectivity index (χ2n) is 3.71. The number of aromatic carboxylic acids is 1. The molecule has 2 rings (SSSR count). The predicted octanol–water partition coefficient (Wildman–Crippen LogP) is 3.73. The van der Waals surface area contributed by atoms with Crippen LogP contribution in [0.15, 0.2) is 53.0 Å². The molecule has 0 unspecified atom stereocenters. The second-order valence-corrected chi connectivity index (χ2v) is 4.62. The van der Waals surface area contributed by atoms with Crippen molar-refractivity contribution in [3.8, 4) is 5.75 Å². The molecule has 2 aromatic rings. The van der Waals surface area contributed by atoms with Crippen molar-refractivity contribution in [2.45, 2.75) is 6.61 Å². The van der Waals surface area contributed by atoms with Crippen LogP contribution in [0.5, 0.6) is 5.75 Å². The Labute approximate surface area is 113 Å². The van der Waals surface area contributed by atoms with Gasteiger partial charge in [-0.2, -0.15) is 0 Å². The molecule has 0 amide bonds. The van der Waals surface area contributed by atoms with Crippen LogP contribution in [0.4, 0.5) is 0 Å². The van der Waals surface area contributed by atoms with Crippen LogP contribution >= 0.6 is 15.9 Å². The fraction of sp³-hybridized carbons (Fsp3) is 0.0714. The van der Waals surface area contributed by atoms with Crippen LogP contribution in [0.2, 0.25) is 0 Å². The van der Waals surface area contributed by atoms with Crippen LogP contribution in [0, 0.1) is 0 Å². The number of carbonyl (C=O) groups is 1. The van der Waals surface area contributed by atoms with Gasteiger partial charge in [0, 0.05) is 10.0 Å². The lowest BCUT2D eigenvalue weighted by molar-refractivity contribution is 0.0694. The van der Waals surface area contributed by atoms with Gasteiger partial charge in [0.15, 0.2) is 0 Å². The number of carboxylic acids is 1. The first kappa shape index (κ1) is 12.6. The van der Waals surface area contributed by atoms with Crippen molar-refractivity contribution in [2.75, 3.05) is 0 Å². The maximum atomic E-state index is 11.1. The van der Waals surface area contributed by atoms with E-state index in [2.05, 4.69) is 15.9 Å². The molecule has 0 aliphatic rings. The van der Waals surface area contributed by atoms with Crippen molar-refractivity contribution in [3.63, 3.8) is 0 Å². The Balaban J connectivity index is 2.17. The monoisotopic (exact) mass is 306 g/mol. The van der Waals surface area contributed by atoms with E-state index >= 15 is 0 Å². The summed E-state index contributed by atoms with van der Waals surface area (Å²) in [6.07, 6.45) is 0. The topological polar surface area (TPSA) is 46.5 Å². The van der Waals surface area contributed by atoms with Gasteiger partial charge >= 0.3 is 5.97 Å². The van der Waals surface area contributed by atoms with Crippen LogP contribution in [0.3, 0.4) is 0 Å². The molecule has 92 valence electrons. The molecule has 0 radical (unpaired) electrons. The van der Waals surface area contributed by atoms with E-state index in [1.54, 1.807) is 18.2 Å². The summed E-state index contributed by atoms with van der Waals surface area (Å²) >= 11 is 3.26. The Morgan fingerprint density at radius 1 is 1.17 bits per heavy atom. The molecule has 0 bridgehead atoms. The van der Waals surface area contributed by atoms with Gasteiger partial charge in [0.05, 0.1) is 5.56 Å². The number of hydrogen-bond acceptors (Lipinski definition) is 2. The fourth-order valence-corrected chi connectivity index (χ4v) is 1.91. The largest absolute Gasteiger partial charge is 0.489 e. The fourth-order valence-electron chi connectivity index (χ4n) is 1.55. The third-order valence-corrected chi connectivity index (χ3v) is 2.93. The third-order valence-electron chi connectivity index (χ3n) is 2.44. The lowest BCUT2D eigenvalue weighted by Gasteiger charge is -2.09. The van der Waals surface area contributed by atoms with Gasteiger partial charge in [-0.05, 0) is 24.3 Å². The van der Waals surface area contributed by atoms with Crippen molar-refractivity contribution < 1.29 is 14.6 Å². The third kappa shape index (κ3) is 3.11. The first-order chi connectivity index (χ1) is 8.66. The van der Waals surface area contributed by atoms with Crippen LogP contribution in [0.25, 0.3) is 0 Å². The van der Waals surface area contributed by atoms with Crippen molar-refractivity contribution in [3.05, 3.63) is 64.1 Å². The van der Waals surface area contributed by atoms with Crippen molar-refractivity contribution in [1.82, 2.24) is 0 Å². The van der Waals surface area contributed by atoms with Gasteiger partial charge in [-0.25, -0.2) is 4.79 Å². The maximum Gasteiger partial charge on any atom is 0.336 e. The molecule has 1 N–H and O–H groups in total. The number of ether oxygens (including phenoxy) is 1. The summed E-state index contributed by atoms with van der Waals surface area (Å²) in [5.74, 6) is -0.236. The molecule has 18 heavy (non-hydrogen) atoms. The Morgan fingerprint density at radius 3 is 2.56 bits per heavy atom. The Morgan fingerprint density at radius 2 is 1.89 bits per heavy atom. The highest BCUT2D eigenvalue weighted by molar-refractivity contribution is 9.10. The minimum atomic E-state index is -0.956. The van der Waals surface area contributed by atoms with Gasteiger partial charge < -0.3 is 9.84 Å². The lowest BCUT2D eigenvalue weighted by atomic mass is 10.1. The van der Waals surface area contributed by atoms with E-state index in [0.717, 1.165) is 10.2 Å². The molecule has 0 aliphatic carbocycles. The van der Waals surface area contributed by atoms with E-state index in [9.17, 15) is 4.79 Å². The first-order valence-electron chi connectivity index (χ1n) is 5.36. The molecule has 2 aromatic carbocycles. The summed E-state index contributed by atoms with van der Waals surface area (Å²) in [6.45, 7) is 0.235. The van der Waals surface area contributed by atoms with Crippen LogP contribution in [0.1, 0.15) is 15.9 Å². The second kappa shape index (κ2) is 5.69. The Kier molecular flexibility index (Phi) is 3.99. The summed E-state index contributed by atoms with van der Waals surface area (Å²) in [5, 5.41) is 9.11. The summed E-state index contributed by atoms with van der Waals surface area (Å²) in [6, 6.07) is 14.4. The number of para-hydroxylation sites is 1. The summed E-state index contributed by atoms with van der Waals surface area (Å²) in [4.78, 5) is 11.1. The highest BCUT2D eigenvalue weighted by Gasteiger charge is 2.10. The van der Waals surface area contributed by atoms with Crippen molar-refractivity contribution >= 4 is 21.9 Å². The minimum Gasteiger partial charge on any atom is -0.489 e. The van der Waals surface area contributed by atoms with E-state index in [1.807, 2.05) is 30.3 Å². The van der Waals surface area contributed by atoms with E-state index in [0.29, 0.717) is 5.56 Å². The zero-order valence-electron chi connectivity index (χ0n) is 9.47. The molecule has 0 spiro atoms. The maximum absolute atomic E-state index is 11.1. The SMILES string of the molecule is O=C(O)c1cc(Br)ccc1COc1ccccc1. The predicted molar refractivity (Wildman–Crippen MR) is 71.9 cm³/mol. The standard InChI is InChI=1S/C14H11BrO3/c15-11-7-6-10(13(8-11)14(16)17)9-18-12-4-2-1-3-5-12/h1-8H,9H2,(H,16,17). The number of benzene rings is 2. The lowest BCUT2D eigenvalue weighted by Crippen LogP contribution is -2.05. The summed E-state index contributed by atoms with van der Waals surface area (Å²) in [5.41, 5.74) is 0.898. The Hall–Kier alpha value is -1.81. The molecule has 0 aliphatic heterocycles. The molecule has 0 heterocycles. The van der Waals surface area contributed by atoms with Crippen LogP contribution in [-0.2, 0) is 6.61 Å². The smallest absolute Gasteiger partial charge is 0.336 e. The average Bonchev–Trinajstić information content (AvgIpc) is 2.38. The highest BCUT2D eigenvalue weighted by atomic mass is 79.9. The van der Waals surface area contributed by atoms with Crippen molar-refractivity contribution in [2.24, 2.45) is 0 Å². The van der Waals surface area contributed by atoms with Gasteiger partial charge in [-0.1, -0.05) is 40.2 Å². The number of halogens is 1. The van der Waals surface area contributed by atoms with Gasteiger partial charge in [0.2, 0.25) is 0 Å². The van der Waals surface area contributed by atoms with Crippen LogP contribution < -0.4 is 4.74 Å². The van der Waals surface area contributed by atoms with E-state index in [-0.39, 0.29) is 12.2 Å². The van der Waals surface area contributed by atoms with Crippen LogP contribution in [-0.4, -0.2) is 11.1 Å². The molecule has 0 atom stereocenters. The zero-order valence-corrected chi connectivity index (χ0v) is 11.1. The van der Waals surface area contributed by atoms with E-state index in [1.165, 1.54) is 0 Å².